The molecule has 21 heavy (non-hydrogen) atoms. The van der Waals surface area contributed by atoms with E-state index in [1.54, 1.807) is 0 Å². The van der Waals surface area contributed by atoms with E-state index in [-0.39, 0.29) is 29.8 Å². The number of carbonyl (C=O) groups excluding carboxylic acids is 1. The van der Waals surface area contributed by atoms with Gasteiger partial charge in [0, 0.05) is 10.9 Å². The number of carboxylic acids is 1. The highest BCUT2D eigenvalue weighted by atomic mass is 79.9. The van der Waals surface area contributed by atoms with Crippen molar-refractivity contribution in [1.29, 1.82) is 0 Å². The Morgan fingerprint density at radius 3 is 2.62 bits per heavy atom. The number of hydrogen-bond donors (Lipinski definition) is 2. The van der Waals surface area contributed by atoms with Gasteiger partial charge in [-0.1, -0.05) is 15.9 Å². The first-order valence-corrected chi connectivity index (χ1v) is 8.30. The summed E-state index contributed by atoms with van der Waals surface area (Å²) in [4.78, 5) is 22.0. The Labute approximate surface area is 130 Å². The Morgan fingerprint density at radius 1 is 1.38 bits per heavy atom. The third-order valence-electron chi connectivity index (χ3n) is 2.50. The summed E-state index contributed by atoms with van der Waals surface area (Å²) in [7, 11) is -2.54. The highest BCUT2D eigenvalue weighted by Crippen LogP contribution is 2.22. The maximum absolute atomic E-state index is 11.9. The lowest BCUT2D eigenvalue weighted by atomic mass is 10.2. The van der Waals surface area contributed by atoms with Gasteiger partial charge in [-0.3, -0.25) is 9.52 Å². The Hall–Kier alpha value is -1.61. The summed E-state index contributed by atoms with van der Waals surface area (Å²) in [5.41, 5.74) is -0.190. The van der Waals surface area contributed by atoms with Crippen molar-refractivity contribution < 1.29 is 27.9 Å². The number of benzene rings is 1. The van der Waals surface area contributed by atoms with E-state index in [1.807, 2.05) is 0 Å². The molecule has 0 bridgehead atoms. The number of sulfonamides is 1. The number of nitrogens with one attached hydrogen (secondary N) is 1. The first-order chi connectivity index (χ1) is 9.75. The van der Waals surface area contributed by atoms with E-state index in [9.17, 15) is 18.0 Å². The fourth-order valence-electron chi connectivity index (χ4n) is 1.51. The lowest BCUT2D eigenvalue weighted by molar-refractivity contribution is -0.140. The summed E-state index contributed by atoms with van der Waals surface area (Å²) in [5.74, 6) is -2.05. The van der Waals surface area contributed by atoms with Crippen LogP contribution in [0.2, 0.25) is 0 Å². The SMILES string of the molecule is COC(=O)CCCS(=O)(=O)Nc1cc(Br)ccc1C(=O)O. The zero-order valence-electron chi connectivity index (χ0n) is 11.1. The summed E-state index contributed by atoms with van der Waals surface area (Å²) in [5, 5.41) is 9.02. The number of aromatic carboxylic acids is 1. The topological polar surface area (TPSA) is 110 Å². The van der Waals surface area contributed by atoms with Gasteiger partial charge >= 0.3 is 11.9 Å². The standard InChI is InChI=1S/C12H14BrNO6S/c1-20-11(15)3-2-6-21(18,19)14-10-7-8(13)4-5-9(10)12(16)17/h4-5,7,14H,2-3,6H2,1H3,(H,16,17). The number of carbonyl (C=O) groups is 2. The number of rotatable bonds is 7. The van der Waals surface area contributed by atoms with Crippen LogP contribution in [0.25, 0.3) is 0 Å². The third-order valence-corrected chi connectivity index (χ3v) is 4.35. The van der Waals surface area contributed by atoms with Crippen molar-refractivity contribution in [2.75, 3.05) is 17.6 Å². The van der Waals surface area contributed by atoms with Gasteiger partial charge in [0.05, 0.1) is 24.1 Å². The lowest BCUT2D eigenvalue weighted by Crippen LogP contribution is -2.19. The van der Waals surface area contributed by atoms with Gasteiger partial charge in [-0.05, 0) is 24.6 Å². The van der Waals surface area contributed by atoms with Crippen molar-refractivity contribution in [1.82, 2.24) is 0 Å². The highest BCUT2D eigenvalue weighted by Gasteiger charge is 2.17. The molecule has 0 spiro atoms. The van der Waals surface area contributed by atoms with E-state index in [4.69, 9.17) is 5.11 Å². The molecule has 0 atom stereocenters. The van der Waals surface area contributed by atoms with Gasteiger partial charge in [-0.15, -0.1) is 0 Å². The molecular weight excluding hydrogens is 366 g/mol. The second kappa shape index (κ2) is 7.41. The summed E-state index contributed by atoms with van der Waals surface area (Å²) in [6.45, 7) is 0. The molecular formula is C12H14BrNO6S. The molecule has 0 aromatic heterocycles. The van der Waals surface area contributed by atoms with Gasteiger partial charge in [0.15, 0.2) is 0 Å². The van der Waals surface area contributed by atoms with Gasteiger partial charge in [0.1, 0.15) is 0 Å². The minimum absolute atomic E-state index is 0.0261. The Bertz CT molecular complexity index is 643. The summed E-state index contributed by atoms with van der Waals surface area (Å²) >= 11 is 3.15. The summed E-state index contributed by atoms with van der Waals surface area (Å²) in [6.07, 6.45) is 0.0557. The number of ether oxygens (including phenoxy) is 1. The molecule has 116 valence electrons. The van der Waals surface area contributed by atoms with Gasteiger partial charge in [-0.25, -0.2) is 13.2 Å². The Morgan fingerprint density at radius 2 is 2.05 bits per heavy atom. The fraction of sp³-hybridized carbons (Fsp3) is 0.333. The van der Waals surface area contributed by atoms with E-state index in [0.29, 0.717) is 4.47 Å². The molecule has 0 amide bonds. The van der Waals surface area contributed by atoms with Gasteiger partial charge < -0.3 is 9.84 Å². The smallest absolute Gasteiger partial charge is 0.337 e. The molecule has 0 aliphatic heterocycles. The summed E-state index contributed by atoms with van der Waals surface area (Å²) < 4.78 is 30.9. The molecule has 0 aliphatic carbocycles. The van der Waals surface area contributed by atoms with Crippen LogP contribution in [-0.4, -0.2) is 38.3 Å². The molecule has 0 aliphatic rings. The molecule has 0 fully saturated rings. The molecule has 0 heterocycles. The van der Waals surface area contributed by atoms with E-state index < -0.39 is 22.0 Å². The van der Waals surface area contributed by atoms with Crippen molar-refractivity contribution in [3.8, 4) is 0 Å². The van der Waals surface area contributed by atoms with E-state index in [2.05, 4.69) is 25.4 Å². The van der Waals surface area contributed by atoms with Crippen molar-refractivity contribution in [2.24, 2.45) is 0 Å². The van der Waals surface area contributed by atoms with E-state index >= 15 is 0 Å². The van der Waals surface area contributed by atoms with Crippen molar-refractivity contribution in [2.45, 2.75) is 12.8 Å². The van der Waals surface area contributed by atoms with Crippen LogP contribution in [0.1, 0.15) is 23.2 Å². The van der Waals surface area contributed by atoms with Crippen LogP contribution in [0.3, 0.4) is 0 Å². The van der Waals surface area contributed by atoms with Gasteiger partial charge in [0.25, 0.3) is 0 Å². The van der Waals surface area contributed by atoms with Gasteiger partial charge in [-0.2, -0.15) is 0 Å². The molecule has 1 aromatic rings. The molecule has 1 aromatic carbocycles. The molecule has 0 radical (unpaired) electrons. The van der Waals surface area contributed by atoms with Gasteiger partial charge in [0.2, 0.25) is 10.0 Å². The predicted octanol–water partition coefficient (Wildman–Crippen LogP) is 1.84. The molecule has 9 heteroatoms. The predicted molar refractivity (Wildman–Crippen MR) is 79.8 cm³/mol. The largest absolute Gasteiger partial charge is 0.478 e. The molecule has 1 rings (SSSR count). The number of carboxylic acid groups (broad SMARTS) is 1. The van der Waals surface area contributed by atoms with Crippen LogP contribution in [0.4, 0.5) is 5.69 Å². The van der Waals surface area contributed by atoms with Crippen molar-refractivity contribution in [3.63, 3.8) is 0 Å². The fourth-order valence-corrected chi connectivity index (χ4v) is 3.01. The quantitative estimate of drug-likeness (QED) is 0.699. The van der Waals surface area contributed by atoms with Crippen LogP contribution < -0.4 is 4.72 Å². The maximum atomic E-state index is 11.9. The number of anilines is 1. The maximum Gasteiger partial charge on any atom is 0.337 e. The molecule has 0 saturated heterocycles. The van der Waals surface area contributed by atoms with Crippen molar-refractivity contribution in [3.05, 3.63) is 28.2 Å². The minimum atomic E-state index is -3.75. The number of halogens is 1. The molecule has 0 saturated carbocycles. The first-order valence-electron chi connectivity index (χ1n) is 5.85. The van der Waals surface area contributed by atoms with Crippen LogP contribution in [0, 0.1) is 0 Å². The molecule has 7 nitrogen and oxygen atoms in total. The number of hydrogen-bond acceptors (Lipinski definition) is 5. The highest BCUT2D eigenvalue weighted by molar-refractivity contribution is 9.10. The second-order valence-corrected chi connectivity index (χ2v) is 6.85. The normalized spacial score (nSPS) is 11.0. The van der Waals surface area contributed by atoms with E-state index in [1.165, 1.54) is 25.3 Å². The second-order valence-electron chi connectivity index (χ2n) is 4.10. The van der Waals surface area contributed by atoms with Crippen LogP contribution in [0.5, 0.6) is 0 Å². The van der Waals surface area contributed by atoms with Crippen LogP contribution in [0.15, 0.2) is 22.7 Å². The van der Waals surface area contributed by atoms with Crippen LogP contribution in [-0.2, 0) is 19.6 Å². The average molecular weight is 380 g/mol. The first kappa shape index (κ1) is 17.4. The average Bonchev–Trinajstić information content (AvgIpc) is 2.37. The minimum Gasteiger partial charge on any atom is -0.478 e. The van der Waals surface area contributed by atoms with E-state index in [0.717, 1.165) is 0 Å². The third kappa shape index (κ3) is 5.72. The number of methoxy groups -OCH3 is 1. The molecule has 0 unspecified atom stereocenters. The van der Waals surface area contributed by atoms with Crippen LogP contribution >= 0.6 is 15.9 Å². The number of esters is 1. The Kier molecular flexibility index (Phi) is 6.16. The van der Waals surface area contributed by atoms with Crippen molar-refractivity contribution >= 4 is 43.6 Å². The zero-order chi connectivity index (χ0) is 16.0. The monoisotopic (exact) mass is 379 g/mol. The summed E-state index contributed by atoms with van der Waals surface area (Å²) in [6, 6.07) is 4.15. The lowest BCUT2D eigenvalue weighted by Gasteiger charge is -2.10. The Balaban J connectivity index is 2.82. The zero-order valence-corrected chi connectivity index (χ0v) is 13.5. The molecule has 2 N–H and O–H groups in total.